The van der Waals surface area contributed by atoms with E-state index in [2.05, 4.69) is 129 Å². The van der Waals surface area contributed by atoms with Gasteiger partial charge in [-0.1, -0.05) is 289 Å². The Kier molecular flexibility index (Phi) is 59.1. The summed E-state index contributed by atoms with van der Waals surface area (Å²) in [6, 6.07) is -0.924. The van der Waals surface area contributed by atoms with Crippen molar-refractivity contribution in [3.05, 3.63) is 122 Å². The second-order valence-corrected chi connectivity index (χ2v) is 24.8. The highest BCUT2D eigenvalue weighted by Gasteiger charge is 2.23. The number of phosphoric ester groups is 1. The van der Waals surface area contributed by atoms with E-state index in [1.54, 1.807) is 6.08 Å². The molecular weight excluding hydrogens is 1020 g/mol. The van der Waals surface area contributed by atoms with Gasteiger partial charge in [-0.3, -0.25) is 9.36 Å². The zero-order valence-corrected chi connectivity index (χ0v) is 54.1. The number of rotatable bonds is 60. The first-order chi connectivity index (χ1) is 39.5. The molecule has 0 saturated heterocycles. The van der Waals surface area contributed by atoms with Crippen LogP contribution in [0.3, 0.4) is 0 Å². The van der Waals surface area contributed by atoms with Gasteiger partial charge in [0, 0.05) is 6.42 Å². The fraction of sp³-hybridized carbons (Fsp3) is 0.708. The van der Waals surface area contributed by atoms with Crippen LogP contribution < -0.4 is 10.2 Å². The molecule has 3 unspecified atom stereocenters. The SMILES string of the molecule is CC/C=C\C/C=C\C/C=C\C/C=C\C/C=C\C/C=C\C/C=C\CCCCCCCCCCCC(=O)NC(COP(=O)([O-])OCC[N+](C)(C)C)C(O)/C=C/CC/C=C/CC/C=C/CCCCCCCCCCCCCCCCCCCC. The van der Waals surface area contributed by atoms with Crippen molar-refractivity contribution in [2.24, 2.45) is 0 Å². The predicted molar refractivity (Wildman–Crippen MR) is 352 cm³/mol. The number of allylic oxidation sites excluding steroid dienone is 19. The molecule has 3 atom stereocenters. The van der Waals surface area contributed by atoms with Crippen LogP contribution in [-0.4, -0.2) is 68.5 Å². The number of phosphoric acid groups is 1. The van der Waals surface area contributed by atoms with Gasteiger partial charge in [0.2, 0.25) is 5.91 Å². The summed E-state index contributed by atoms with van der Waals surface area (Å²) in [5.41, 5.74) is 0. The minimum atomic E-state index is -4.63. The largest absolute Gasteiger partial charge is 0.756 e. The molecule has 1 amide bonds. The van der Waals surface area contributed by atoms with E-state index in [-0.39, 0.29) is 12.5 Å². The summed E-state index contributed by atoms with van der Waals surface area (Å²) >= 11 is 0. The van der Waals surface area contributed by atoms with E-state index in [1.165, 1.54) is 154 Å². The molecule has 0 spiro atoms. The number of carbonyl (C=O) groups is 1. The molecule has 0 fully saturated rings. The Bertz CT molecular complexity index is 1730. The molecule has 0 saturated carbocycles. The summed E-state index contributed by atoms with van der Waals surface area (Å²) in [6.45, 7) is 4.51. The topological polar surface area (TPSA) is 108 Å². The number of carbonyl (C=O) groups excluding carboxylic acids is 1. The Balaban J connectivity index is 4.23. The van der Waals surface area contributed by atoms with E-state index in [1.807, 2.05) is 27.2 Å². The van der Waals surface area contributed by atoms with Gasteiger partial charge < -0.3 is 28.8 Å². The lowest BCUT2D eigenvalue weighted by Gasteiger charge is -2.29. The number of nitrogens with one attached hydrogen (secondary N) is 1. The first-order valence-corrected chi connectivity index (χ1v) is 34.9. The summed E-state index contributed by atoms with van der Waals surface area (Å²) in [7, 11) is 1.22. The van der Waals surface area contributed by atoms with Crippen molar-refractivity contribution >= 4 is 13.7 Å². The number of hydrogen-bond donors (Lipinski definition) is 2. The first-order valence-electron chi connectivity index (χ1n) is 33.4. The normalized spacial score (nSPS) is 14.5. The van der Waals surface area contributed by atoms with Crippen LogP contribution in [0.15, 0.2) is 122 Å². The Labute approximate surface area is 501 Å². The van der Waals surface area contributed by atoms with Crippen molar-refractivity contribution in [2.75, 3.05) is 40.9 Å². The van der Waals surface area contributed by atoms with E-state index >= 15 is 0 Å². The van der Waals surface area contributed by atoms with Crippen LogP contribution in [0.2, 0.25) is 0 Å². The summed E-state index contributed by atoms with van der Waals surface area (Å²) in [5, 5.41) is 13.9. The van der Waals surface area contributed by atoms with Gasteiger partial charge in [-0.05, 0) is 103 Å². The molecule has 0 aromatic heterocycles. The molecule has 0 radical (unpaired) electrons. The van der Waals surface area contributed by atoms with Crippen LogP contribution in [0.4, 0.5) is 0 Å². The van der Waals surface area contributed by atoms with Gasteiger partial charge >= 0.3 is 0 Å². The molecule has 9 heteroatoms. The zero-order valence-electron chi connectivity index (χ0n) is 53.2. The zero-order chi connectivity index (χ0) is 59.1. The summed E-state index contributed by atoms with van der Waals surface area (Å²) in [4.78, 5) is 25.6. The third kappa shape index (κ3) is 64.3. The van der Waals surface area contributed by atoms with Gasteiger partial charge in [-0.15, -0.1) is 0 Å². The lowest BCUT2D eigenvalue weighted by atomic mass is 10.0. The maximum atomic E-state index is 13.0. The van der Waals surface area contributed by atoms with Crippen molar-refractivity contribution in [3.8, 4) is 0 Å². The summed E-state index contributed by atoms with van der Waals surface area (Å²) in [6.07, 6.45) is 91.6. The van der Waals surface area contributed by atoms with Gasteiger partial charge in [0.1, 0.15) is 13.2 Å². The average Bonchev–Trinajstić information content (AvgIpc) is 3.43. The number of nitrogens with zero attached hydrogens (tertiary/aromatic N) is 1. The molecule has 0 rings (SSSR count). The fourth-order valence-corrected chi connectivity index (χ4v) is 9.95. The number of amides is 1. The monoisotopic (exact) mass is 1150 g/mol. The van der Waals surface area contributed by atoms with E-state index < -0.39 is 26.6 Å². The Morgan fingerprint density at radius 2 is 0.765 bits per heavy atom. The average molecular weight is 1150 g/mol. The van der Waals surface area contributed by atoms with Crippen LogP contribution in [0.5, 0.6) is 0 Å². The quantitative estimate of drug-likeness (QED) is 0.0272. The van der Waals surface area contributed by atoms with Crippen molar-refractivity contribution in [1.29, 1.82) is 0 Å². The molecule has 0 aliphatic rings. The van der Waals surface area contributed by atoms with Crippen LogP contribution in [0, 0.1) is 0 Å². The summed E-state index contributed by atoms with van der Waals surface area (Å²) < 4.78 is 23.4. The van der Waals surface area contributed by atoms with Crippen LogP contribution >= 0.6 is 7.82 Å². The maximum absolute atomic E-state index is 13.0. The Morgan fingerprint density at radius 1 is 0.444 bits per heavy atom. The molecular formula is C72H127N2O6P. The van der Waals surface area contributed by atoms with Gasteiger partial charge in [0.25, 0.3) is 7.82 Å². The van der Waals surface area contributed by atoms with Gasteiger partial charge in [-0.2, -0.15) is 0 Å². The van der Waals surface area contributed by atoms with E-state index in [0.29, 0.717) is 17.4 Å². The van der Waals surface area contributed by atoms with Crippen LogP contribution in [-0.2, 0) is 18.4 Å². The molecule has 0 aliphatic heterocycles. The fourth-order valence-electron chi connectivity index (χ4n) is 9.23. The van der Waals surface area contributed by atoms with E-state index in [0.717, 1.165) is 103 Å². The minimum absolute atomic E-state index is 0.0162. The number of aliphatic hydroxyl groups is 1. The molecule has 466 valence electrons. The molecule has 0 aromatic carbocycles. The molecule has 8 nitrogen and oxygen atoms in total. The molecule has 0 heterocycles. The standard InChI is InChI=1S/C72H127N2O6P/c1-6-8-10-12-14-16-18-20-22-24-26-28-30-32-34-36-37-38-40-42-44-46-48-50-52-54-56-58-60-62-64-66-72(76)73-70(69-80-81(77,78)79-68-67-74(3,4)5)71(75)65-63-61-59-57-55-53-51-49-47-45-43-41-39-35-33-31-29-27-25-23-21-19-17-15-13-11-9-7-2/h8,10,14,16,20,22,26,28,32,34,37-38,42,44,47,49,55,57,63,65,70-71,75H,6-7,9,11-13,15,17-19,21,23-25,27,29-31,33,35-36,39-41,43,45-46,48,50-54,56,58-62,64,66-69H2,1-5H3,(H-,73,76,77,78)/b10-8-,16-14-,22-20-,28-26-,34-32-,38-37-,44-42-,49-47+,57-55+,65-63+. The lowest BCUT2D eigenvalue weighted by molar-refractivity contribution is -0.870. The Hall–Kier alpha value is -3.10. The minimum Gasteiger partial charge on any atom is -0.756 e. The van der Waals surface area contributed by atoms with Crippen molar-refractivity contribution in [3.63, 3.8) is 0 Å². The lowest BCUT2D eigenvalue weighted by Crippen LogP contribution is -2.45. The molecule has 0 bridgehead atoms. The number of quaternary nitrogens is 1. The second-order valence-electron chi connectivity index (χ2n) is 23.4. The smallest absolute Gasteiger partial charge is 0.268 e. The highest BCUT2D eigenvalue weighted by Crippen LogP contribution is 2.38. The van der Waals surface area contributed by atoms with Crippen molar-refractivity contribution in [2.45, 2.75) is 289 Å². The second kappa shape index (κ2) is 61.5. The molecule has 0 aliphatic carbocycles. The van der Waals surface area contributed by atoms with Crippen LogP contribution in [0.1, 0.15) is 277 Å². The highest BCUT2D eigenvalue weighted by atomic mass is 31.2. The third-order valence-electron chi connectivity index (χ3n) is 14.4. The summed E-state index contributed by atoms with van der Waals surface area (Å²) in [5.74, 6) is -0.221. The third-order valence-corrected chi connectivity index (χ3v) is 15.3. The van der Waals surface area contributed by atoms with Crippen LogP contribution in [0.25, 0.3) is 0 Å². The number of aliphatic hydroxyl groups excluding tert-OH is 1. The number of unbranched alkanes of at least 4 members (excludes halogenated alkanes) is 29. The van der Waals surface area contributed by atoms with Crippen molar-refractivity contribution < 1.29 is 32.9 Å². The molecule has 2 N–H and O–H groups in total. The van der Waals surface area contributed by atoms with Gasteiger partial charge in [-0.25, -0.2) is 0 Å². The van der Waals surface area contributed by atoms with Gasteiger partial charge in [0.15, 0.2) is 0 Å². The maximum Gasteiger partial charge on any atom is 0.268 e. The Morgan fingerprint density at radius 3 is 1.15 bits per heavy atom. The van der Waals surface area contributed by atoms with Crippen molar-refractivity contribution in [1.82, 2.24) is 5.32 Å². The molecule has 81 heavy (non-hydrogen) atoms. The highest BCUT2D eigenvalue weighted by molar-refractivity contribution is 7.45. The van der Waals surface area contributed by atoms with E-state index in [9.17, 15) is 19.4 Å². The number of hydrogen-bond acceptors (Lipinski definition) is 6. The first kappa shape index (κ1) is 77.9. The molecule has 0 aromatic rings. The predicted octanol–water partition coefficient (Wildman–Crippen LogP) is 20.6. The number of likely N-dealkylation sites (N-methyl/N-ethyl adjacent to an activating group) is 1. The van der Waals surface area contributed by atoms with Gasteiger partial charge in [0.05, 0.1) is 39.9 Å². The van der Waals surface area contributed by atoms with E-state index in [4.69, 9.17) is 9.05 Å².